The minimum atomic E-state index is -0.0808. The van der Waals surface area contributed by atoms with Crippen molar-refractivity contribution in [3.8, 4) is 0 Å². The molecule has 136 valence electrons. The van der Waals surface area contributed by atoms with Crippen LogP contribution in [0.3, 0.4) is 0 Å². The zero-order valence-corrected chi connectivity index (χ0v) is 15.7. The number of hydrogen-bond donors (Lipinski definition) is 1. The van der Waals surface area contributed by atoms with Gasteiger partial charge in [0.15, 0.2) is 0 Å². The highest BCUT2D eigenvalue weighted by atomic mass is 35.5. The Bertz CT molecular complexity index is 1060. The van der Waals surface area contributed by atoms with Gasteiger partial charge < -0.3 is 10.2 Å². The smallest absolute Gasteiger partial charge is 0.258 e. The molecule has 0 fully saturated rings. The lowest BCUT2D eigenvalue weighted by Crippen LogP contribution is -2.28. The monoisotopic (exact) mass is 378 g/mol. The molecule has 0 bridgehead atoms. The van der Waals surface area contributed by atoms with Gasteiger partial charge in [-0.15, -0.1) is 0 Å². The molecule has 0 spiro atoms. The molecule has 0 aliphatic carbocycles. The summed E-state index contributed by atoms with van der Waals surface area (Å²) < 4.78 is 0. The van der Waals surface area contributed by atoms with Gasteiger partial charge in [-0.2, -0.15) is 0 Å². The molecule has 0 unspecified atom stereocenters. The predicted octanol–water partition coefficient (Wildman–Crippen LogP) is 5.18. The first kappa shape index (κ1) is 17.6. The zero-order chi connectivity index (χ0) is 19.0. The van der Waals surface area contributed by atoms with Crippen LogP contribution in [0.1, 0.15) is 28.8 Å². The van der Waals surface area contributed by atoms with Crippen LogP contribution < -0.4 is 10.2 Å². The fraction of sp³-hybridized carbons (Fsp3) is 0.182. The maximum Gasteiger partial charge on any atom is 0.258 e. The third kappa shape index (κ3) is 3.28. The minimum Gasteiger partial charge on any atom is -0.326 e. The van der Waals surface area contributed by atoms with Crippen LogP contribution in [0.4, 0.5) is 11.4 Å². The normalized spacial score (nSPS) is 12.7. The summed E-state index contributed by atoms with van der Waals surface area (Å²) in [6.07, 6.45) is 0.920. The van der Waals surface area contributed by atoms with E-state index in [0.29, 0.717) is 24.4 Å². The SMILES string of the molecule is Cc1ccc(Cl)cc1NC(=O)CCCN1C(=O)c2cccc3cccc1c23. The summed E-state index contributed by atoms with van der Waals surface area (Å²) >= 11 is 5.99. The fourth-order valence-corrected chi connectivity index (χ4v) is 3.71. The molecular formula is C22H19ClN2O2. The number of nitrogens with zero attached hydrogens (tertiary/aromatic N) is 1. The Morgan fingerprint density at radius 2 is 1.89 bits per heavy atom. The van der Waals surface area contributed by atoms with Crippen LogP contribution in [-0.2, 0) is 4.79 Å². The molecule has 5 heteroatoms. The topological polar surface area (TPSA) is 49.4 Å². The number of carbonyl (C=O) groups is 2. The van der Waals surface area contributed by atoms with E-state index in [0.717, 1.165) is 33.3 Å². The predicted molar refractivity (Wildman–Crippen MR) is 110 cm³/mol. The van der Waals surface area contributed by atoms with Crippen molar-refractivity contribution in [3.05, 3.63) is 70.7 Å². The molecule has 4 rings (SSSR count). The number of rotatable bonds is 5. The second-order valence-electron chi connectivity index (χ2n) is 6.75. The summed E-state index contributed by atoms with van der Waals surface area (Å²) in [5, 5.41) is 5.55. The van der Waals surface area contributed by atoms with E-state index in [2.05, 4.69) is 5.32 Å². The summed E-state index contributed by atoms with van der Waals surface area (Å²) in [4.78, 5) is 26.8. The number of anilines is 2. The van der Waals surface area contributed by atoms with Gasteiger partial charge in [-0.1, -0.05) is 41.9 Å². The number of amides is 2. The van der Waals surface area contributed by atoms with Crippen LogP contribution in [0, 0.1) is 6.92 Å². The molecule has 0 saturated carbocycles. The summed E-state index contributed by atoms with van der Waals surface area (Å²) in [7, 11) is 0. The first-order valence-electron chi connectivity index (χ1n) is 8.94. The van der Waals surface area contributed by atoms with Crippen molar-refractivity contribution < 1.29 is 9.59 Å². The van der Waals surface area contributed by atoms with Crippen molar-refractivity contribution in [3.63, 3.8) is 0 Å². The average molecular weight is 379 g/mol. The summed E-state index contributed by atoms with van der Waals surface area (Å²) in [5.74, 6) is -0.0735. The van der Waals surface area contributed by atoms with E-state index in [1.54, 1.807) is 17.0 Å². The summed E-state index contributed by atoms with van der Waals surface area (Å²) in [6, 6.07) is 17.1. The van der Waals surface area contributed by atoms with E-state index in [4.69, 9.17) is 11.6 Å². The number of hydrogen-bond acceptors (Lipinski definition) is 2. The van der Waals surface area contributed by atoms with Crippen LogP contribution >= 0.6 is 11.6 Å². The van der Waals surface area contributed by atoms with Gasteiger partial charge in [-0.3, -0.25) is 9.59 Å². The molecule has 2 amide bonds. The number of nitrogens with one attached hydrogen (secondary N) is 1. The van der Waals surface area contributed by atoms with Gasteiger partial charge in [0.25, 0.3) is 5.91 Å². The van der Waals surface area contributed by atoms with E-state index in [1.165, 1.54) is 0 Å². The van der Waals surface area contributed by atoms with E-state index in [-0.39, 0.29) is 11.8 Å². The lowest BCUT2D eigenvalue weighted by atomic mass is 10.1. The number of aryl methyl sites for hydroxylation is 1. The molecule has 3 aromatic rings. The largest absolute Gasteiger partial charge is 0.326 e. The Kier molecular flexibility index (Phi) is 4.58. The molecule has 0 aromatic heterocycles. The highest BCUT2D eigenvalue weighted by molar-refractivity contribution is 6.31. The lowest BCUT2D eigenvalue weighted by Gasteiger charge is -2.17. The maximum absolute atomic E-state index is 12.7. The van der Waals surface area contributed by atoms with Gasteiger partial charge in [-0.25, -0.2) is 0 Å². The van der Waals surface area contributed by atoms with Crippen molar-refractivity contribution in [2.24, 2.45) is 0 Å². The molecule has 1 heterocycles. The first-order chi connectivity index (χ1) is 13.0. The zero-order valence-electron chi connectivity index (χ0n) is 15.0. The lowest BCUT2D eigenvalue weighted by molar-refractivity contribution is -0.116. The van der Waals surface area contributed by atoms with E-state index >= 15 is 0 Å². The van der Waals surface area contributed by atoms with Gasteiger partial charge in [0, 0.05) is 34.6 Å². The van der Waals surface area contributed by atoms with E-state index in [9.17, 15) is 9.59 Å². The standard InChI is InChI=1S/C22H19ClN2O2/c1-14-10-11-16(23)13-18(14)24-20(26)9-4-12-25-19-8-3-6-15-5-2-7-17(21(15)19)22(25)27/h2-3,5-8,10-11,13H,4,9,12H2,1H3,(H,24,26). The van der Waals surface area contributed by atoms with Crippen molar-refractivity contribution in [2.45, 2.75) is 19.8 Å². The molecule has 0 atom stereocenters. The molecule has 0 radical (unpaired) electrons. The Hall–Kier alpha value is -2.85. The van der Waals surface area contributed by atoms with Gasteiger partial charge in [0.1, 0.15) is 0 Å². The second kappa shape index (κ2) is 7.05. The van der Waals surface area contributed by atoms with Crippen molar-refractivity contribution in [2.75, 3.05) is 16.8 Å². The van der Waals surface area contributed by atoms with E-state index in [1.807, 2.05) is 49.4 Å². The third-order valence-corrected chi connectivity index (χ3v) is 5.14. The van der Waals surface area contributed by atoms with Crippen LogP contribution in [0.5, 0.6) is 0 Å². The quantitative estimate of drug-likeness (QED) is 0.664. The molecule has 27 heavy (non-hydrogen) atoms. The van der Waals surface area contributed by atoms with Gasteiger partial charge in [-0.05, 0) is 48.6 Å². The van der Waals surface area contributed by atoms with Crippen LogP contribution in [0.25, 0.3) is 10.8 Å². The highest BCUT2D eigenvalue weighted by Crippen LogP contribution is 2.37. The Balaban J connectivity index is 1.41. The molecule has 3 aromatic carbocycles. The second-order valence-corrected chi connectivity index (χ2v) is 7.19. The van der Waals surface area contributed by atoms with Crippen LogP contribution in [0.2, 0.25) is 5.02 Å². The highest BCUT2D eigenvalue weighted by Gasteiger charge is 2.28. The molecule has 1 aliphatic rings. The Morgan fingerprint density at radius 3 is 2.70 bits per heavy atom. The number of halogens is 1. The maximum atomic E-state index is 12.7. The Morgan fingerprint density at radius 1 is 1.11 bits per heavy atom. The Labute approximate surface area is 162 Å². The average Bonchev–Trinajstić information content (AvgIpc) is 2.93. The summed E-state index contributed by atoms with van der Waals surface area (Å²) in [5.41, 5.74) is 3.35. The molecule has 1 aliphatic heterocycles. The number of benzene rings is 3. The first-order valence-corrected chi connectivity index (χ1v) is 9.32. The van der Waals surface area contributed by atoms with Crippen molar-refractivity contribution in [1.82, 2.24) is 0 Å². The molecular weight excluding hydrogens is 360 g/mol. The fourth-order valence-electron chi connectivity index (χ4n) is 3.54. The van der Waals surface area contributed by atoms with E-state index < -0.39 is 0 Å². The van der Waals surface area contributed by atoms with Crippen LogP contribution in [0.15, 0.2) is 54.6 Å². The van der Waals surface area contributed by atoms with Gasteiger partial charge in [0.2, 0.25) is 5.91 Å². The number of carbonyl (C=O) groups excluding carboxylic acids is 2. The summed E-state index contributed by atoms with van der Waals surface area (Å²) in [6.45, 7) is 2.43. The van der Waals surface area contributed by atoms with Crippen molar-refractivity contribution in [1.29, 1.82) is 0 Å². The van der Waals surface area contributed by atoms with Gasteiger partial charge in [0.05, 0.1) is 5.69 Å². The molecule has 4 nitrogen and oxygen atoms in total. The molecule has 0 saturated heterocycles. The van der Waals surface area contributed by atoms with Crippen LogP contribution in [-0.4, -0.2) is 18.4 Å². The third-order valence-electron chi connectivity index (χ3n) is 4.91. The minimum absolute atomic E-state index is 0.00731. The molecule has 1 N–H and O–H groups in total. The van der Waals surface area contributed by atoms with Crippen molar-refractivity contribution >= 4 is 45.6 Å². The van der Waals surface area contributed by atoms with Gasteiger partial charge >= 0.3 is 0 Å².